The van der Waals surface area contributed by atoms with Gasteiger partial charge in [-0.3, -0.25) is 0 Å². The standard InChI is InChI=1S/C16H16O3/c1-9(2)13-14(16(18)19-15(13)17)11(4)12-7-5-10(3)6-8-12/h5-8H,1-4H3/b14-11-. The molecule has 0 unspecified atom stereocenters. The number of hydrogen-bond donors (Lipinski definition) is 0. The zero-order chi connectivity index (χ0) is 14.2. The third kappa shape index (κ3) is 2.36. The van der Waals surface area contributed by atoms with E-state index >= 15 is 0 Å². The van der Waals surface area contributed by atoms with Crippen LogP contribution in [0.15, 0.2) is 41.0 Å². The van der Waals surface area contributed by atoms with Crippen molar-refractivity contribution in [1.29, 1.82) is 0 Å². The molecule has 0 aromatic heterocycles. The second kappa shape index (κ2) is 4.84. The number of carbonyl (C=O) groups excluding carboxylic acids is 2. The topological polar surface area (TPSA) is 43.4 Å². The summed E-state index contributed by atoms with van der Waals surface area (Å²) in [5.74, 6) is -1.11. The molecule has 1 saturated heterocycles. The number of esters is 2. The first kappa shape index (κ1) is 13.3. The number of hydrogen-bond acceptors (Lipinski definition) is 3. The molecule has 0 amide bonds. The van der Waals surface area contributed by atoms with Gasteiger partial charge in [0.1, 0.15) is 0 Å². The van der Waals surface area contributed by atoms with Crippen molar-refractivity contribution in [2.75, 3.05) is 0 Å². The average Bonchev–Trinajstić information content (AvgIpc) is 2.64. The molecule has 19 heavy (non-hydrogen) atoms. The molecule has 98 valence electrons. The van der Waals surface area contributed by atoms with Crippen molar-refractivity contribution in [2.45, 2.75) is 27.7 Å². The van der Waals surface area contributed by atoms with Gasteiger partial charge >= 0.3 is 11.9 Å². The average molecular weight is 256 g/mol. The Labute approximate surface area is 112 Å². The number of ether oxygens (including phenoxy) is 1. The largest absolute Gasteiger partial charge is 0.386 e. The molecule has 0 atom stereocenters. The van der Waals surface area contributed by atoms with E-state index in [1.165, 1.54) is 0 Å². The maximum Gasteiger partial charge on any atom is 0.347 e. The van der Waals surface area contributed by atoms with Crippen LogP contribution in [0.4, 0.5) is 0 Å². The Morgan fingerprint density at radius 3 is 1.95 bits per heavy atom. The molecule has 0 N–H and O–H groups in total. The summed E-state index contributed by atoms with van der Waals surface area (Å²) in [4.78, 5) is 23.5. The quantitative estimate of drug-likeness (QED) is 0.440. The van der Waals surface area contributed by atoms with Crippen molar-refractivity contribution in [3.63, 3.8) is 0 Å². The van der Waals surface area contributed by atoms with Gasteiger partial charge in [-0.2, -0.15) is 0 Å². The number of carbonyl (C=O) groups is 2. The second-order valence-corrected chi connectivity index (χ2v) is 4.92. The summed E-state index contributed by atoms with van der Waals surface area (Å²) in [5, 5.41) is 0. The van der Waals surface area contributed by atoms with Crippen LogP contribution in [-0.4, -0.2) is 11.9 Å². The summed E-state index contributed by atoms with van der Waals surface area (Å²) in [5.41, 5.74) is 4.40. The first-order chi connectivity index (χ1) is 8.91. The van der Waals surface area contributed by atoms with E-state index in [2.05, 4.69) is 0 Å². The first-order valence-corrected chi connectivity index (χ1v) is 6.14. The molecule has 1 aliphatic rings. The SMILES string of the molecule is CC(C)=C1C(=O)OC(=O)/C1=C(/C)c1ccc(C)cc1. The third-order valence-corrected chi connectivity index (χ3v) is 3.20. The fourth-order valence-electron chi connectivity index (χ4n) is 2.13. The lowest BCUT2D eigenvalue weighted by Crippen LogP contribution is -1.99. The molecule has 1 aromatic rings. The molecule has 1 aliphatic heterocycles. The van der Waals surface area contributed by atoms with E-state index in [-0.39, 0.29) is 0 Å². The van der Waals surface area contributed by atoms with E-state index in [9.17, 15) is 9.59 Å². The maximum absolute atomic E-state index is 11.8. The van der Waals surface area contributed by atoms with Gasteiger partial charge in [0.25, 0.3) is 0 Å². The van der Waals surface area contributed by atoms with Crippen molar-refractivity contribution in [3.05, 3.63) is 52.1 Å². The van der Waals surface area contributed by atoms with Crippen LogP contribution in [0.1, 0.15) is 31.9 Å². The van der Waals surface area contributed by atoms with Crippen LogP contribution >= 0.6 is 0 Å². The highest BCUT2D eigenvalue weighted by atomic mass is 16.6. The van der Waals surface area contributed by atoms with Crippen LogP contribution in [0.2, 0.25) is 0 Å². The van der Waals surface area contributed by atoms with Crippen molar-refractivity contribution in [3.8, 4) is 0 Å². The second-order valence-electron chi connectivity index (χ2n) is 4.92. The zero-order valence-electron chi connectivity index (χ0n) is 11.5. The lowest BCUT2D eigenvalue weighted by molar-refractivity contribution is -0.149. The van der Waals surface area contributed by atoms with E-state index in [1.54, 1.807) is 13.8 Å². The van der Waals surface area contributed by atoms with Crippen LogP contribution in [0.3, 0.4) is 0 Å². The minimum absolute atomic E-state index is 0.383. The maximum atomic E-state index is 11.8. The molecular formula is C16H16O3. The van der Waals surface area contributed by atoms with E-state index in [0.717, 1.165) is 22.3 Å². The Bertz CT molecular complexity index is 612. The lowest BCUT2D eigenvalue weighted by atomic mass is 9.94. The number of rotatable bonds is 1. The Balaban J connectivity index is 2.62. The van der Waals surface area contributed by atoms with Gasteiger partial charge in [0.05, 0.1) is 11.1 Å². The molecule has 0 bridgehead atoms. The number of aryl methyl sites for hydroxylation is 1. The summed E-state index contributed by atoms with van der Waals surface area (Å²) < 4.78 is 4.72. The molecule has 1 heterocycles. The Kier molecular flexibility index (Phi) is 3.38. The van der Waals surface area contributed by atoms with Crippen molar-refractivity contribution >= 4 is 17.5 Å². The number of benzene rings is 1. The summed E-state index contributed by atoms with van der Waals surface area (Å²) in [6.45, 7) is 7.44. The molecule has 0 radical (unpaired) electrons. The minimum atomic E-state index is -0.556. The monoisotopic (exact) mass is 256 g/mol. The summed E-state index contributed by atoms with van der Waals surface area (Å²) >= 11 is 0. The van der Waals surface area contributed by atoms with Crippen molar-refractivity contribution in [2.24, 2.45) is 0 Å². The third-order valence-electron chi connectivity index (χ3n) is 3.20. The predicted molar refractivity (Wildman–Crippen MR) is 73.2 cm³/mol. The number of allylic oxidation sites excluding steroid dienone is 2. The lowest BCUT2D eigenvalue weighted by Gasteiger charge is -2.06. The van der Waals surface area contributed by atoms with Gasteiger partial charge in [0.2, 0.25) is 0 Å². The van der Waals surface area contributed by atoms with Gasteiger partial charge in [-0.25, -0.2) is 9.59 Å². The van der Waals surface area contributed by atoms with E-state index in [0.29, 0.717) is 11.1 Å². The Morgan fingerprint density at radius 1 is 0.895 bits per heavy atom. The molecule has 1 aromatic carbocycles. The predicted octanol–water partition coefficient (Wildman–Crippen LogP) is 3.19. The molecule has 0 spiro atoms. The van der Waals surface area contributed by atoms with Crippen molar-refractivity contribution < 1.29 is 14.3 Å². The van der Waals surface area contributed by atoms with Crippen LogP contribution < -0.4 is 0 Å². The van der Waals surface area contributed by atoms with Crippen LogP contribution in [0.5, 0.6) is 0 Å². The summed E-state index contributed by atoms with van der Waals surface area (Å²) in [6.07, 6.45) is 0. The summed E-state index contributed by atoms with van der Waals surface area (Å²) in [7, 11) is 0. The normalized spacial score (nSPS) is 17.6. The Morgan fingerprint density at radius 2 is 1.42 bits per heavy atom. The highest BCUT2D eigenvalue weighted by Gasteiger charge is 2.35. The first-order valence-electron chi connectivity index (χ1n) is 6.14. The van der Waals surface area contributed by atoms with Crippen LogP contribution in [0, 0.1) is 6.92 Å². The molecular weight excluding hydrogens is 240 g/mol. The zero-order valence-corrected chi connectivity index (χ0v) is 11.5. The fraction of sp³-hybridized carbons (Fsp3) is 0.250. The fourth-order valence-corrected chi connectivity index (χ4v) is 2.13. The van der Waals surface area contributed by atoms with Gasteiger partial charge in [0, 0.05) is 0 Å². The van der Waals surface area contributed by atoms with Crippen LogP contribution in [0.25, 0.3) is 5.57 Å². The molecule has 3 heteroatoms. The van der Waals surface area contributed by atoms with E-state index < -0.39 is 11.9 Å². The van der Waals surface area contributed by atoms with Crippen LogP contribution in [-0.2, 0) is 14.3 Å². The molecule has 2 rings (SSSR count). The van der Waals surface area contributed by atoms with Gasteiger partial charge in [-0.15, -0.1) is 0 Å². The van der Waals surface area contributed by atoms with Gasteiger partial charge in [-0.05, 0) is 38.8 Å². The number of cyclic esters (lactones) is 2. The van der Waals surface area contributed by atoms with Gasteiger partial charge in [-0.1, -0.05) is 35.4 Å². The van der Waals surface area contributed by atoms with Gasteiger partial charge in [0.15, 0.2) is 0 Å². The smallest absolute Gasteiger partial charge is 0.347 e. The molecule has 1 fully saturated rings. The van der Waals surface area contributed by atoms with Crippen molar-refractivity contribution in [1.82, 2.24) is 0 Å². The minimum Gasteiger partial charge on any atom is -0.386 e. The highest BCUT2D eigenvalue weighted by Crippen LogP contribution is 2.32. The highest BCUT2D eigenvalue weighted by molar-refractivity contribution is 6.22. The molecule has 3 nitrogen and oxygen atoms in total. The Hall–Kier alpha value is -2.16. The molecule has 0 aliphatic carbocycles. The summed E-state index contributed by atoms with van der Waals surface area (Å²) in [6, 6.07) is 7.83. The molecule has 0 saturated carbocycles. The van der Waals surface area contributed by atoms with E-state index in [1.807, 2.05) is 38.1 Å². The van der Waals surface area contributed by atoms with Gasteiger partial charge < -0.3 is 4.74 Å². The van der Waals surface area contributed by atoms with E-state index in [4.69, 9.17) is 4.74 Å².